The first kappa shape index (κ1) is 20.8. The van der Waals surface area contributed by atoms with Gasteiger partial charge in [0.1, 0.15) is 24.4 Å². The molecule has 0 aromatic heterocycles. The van der Waals surface area contributed by atoms with Gasteiger partial charge in [-0.3, -0.25) is 4.79 Å². The first-order chi connectivity index (χ1) is 12.5. The lowest BCUT2D eigenvalue weighted by atomic mass is 9.84. The Balaban J connectivity index is 2.08. The van der Waals surface area contributed by atoms with E-state index < -0.39 is 43.1 Å². The van der Waals surface area contributed by atoms with Gasteiger partial charge in [0.15, 0.2) is 0 Å². The second-order valence-corrected chi connectivity index (χ2v) is 6.59. The first-order valence-electron chi connectivity index (χ1n) is 8.73. The molecule has 0 aliphatic carbocycles. The molecule has 8 nitrogen and oxygen atoms in total. The number of carbonyl (C=O) groups is 1. The van der Waals surface area contributed by atoms with Crippen molar-refractivity contribution < 1.29 is 34.8 Å². The molecule has 1 aliphatic heterocycles. The zero-order valence-corrected chi connectivity index (χ0v) is 14.5. The van der Waals surface area contributed by atoms with Crippen molar-refractivity contribution in [2.45, 2.75) is 62.1 Å². The Morgan fingerprint density at radius 3 is 2.38 bits per heavy atom. The van der Waals surface area contributed by atoms with Gasteiger partial charge >= 0.3 is 5.97 Å². The maximum absolute atomic E-state index is 11.2. The molecule has 8 heteroatoms. The van der Waals surface area contributed by atoms with Gasteiger partial charge in [0.25, 0.3) is 0 Å². The van der Waals surface area contributed by atoms with Crippen LogP contribution in [0, 0.1) is 0 Å². The van der Waals surface area contributed by atoms with Crippen molar-refractivity contribution in [2.24, 2.45) is 5.90 Å². The number of benzene rings is 1. The molecule has 0 amide bonds. The smallest absolute Gasteiger partial charge is 0.324 e. The molecule has 0 bridgehead atoms. The minimum Gasteiger partial charge on any atom is -0.394 e. The highest BCUT2D eigenvalue weighted by Gasteiger charge is 2.43. The van der Waals surface area contributed by atoms with E-state index in [1.54, 1.807) is 0 Å². The van der Waals surface area contributed by atoms with Crippen LogP contribution in [0.3, 0.4) is 0 Å². The fourth-order valence-electron chi connectivity index (χ4n) is 3.35. The monoisotopic (exact) mass is 369 g/mol. The van der Waals surface area contributed by atoms with E-state index in [0.717, 1.165) is 5.56 Å². The molecule has 1 heterocycles. The number of carbonyl (C=O) groups excluding carboxylic acids is 1. The zero-order chi connectivity index (χ0) is 19.1. The minimum atomic E-state index is -1.39. The average molecular weight is 369 g/mol. The second-order valence-electron chi connectivity index (χ2n) is 6.59. The van der Waals surface area contributed by atoms with Crippen LogP contribution < -0.4 is 5.90 Å². The van der Waals surface area contributed by atoms with Crippen LogP contribution in [0.25, 0.3) is 0 Å². The first-order valence-corrected chi connectivity index (χ1v) is 8.73. The summed E-state index contributed by atoms with van der Waals surface area (Å²) in [6.07, 6.45) is -4.03. The van der Waals surface area contributed by atoms with E-state index in [0.29, 0.717) is 19.3 Å². The number of nitrogens with two attached hydrogens (primary N) is 1. The molecular weight excluding hydrogens is 342 g/mol. The van der Waals surface area contributed by atoms with E-state index in [2.05, 4.69) is 4.84 Å². The predicted molar refractivity (Wildman–Crippen MR) is 91.7 cm³/mol. The maximum atomic E-state index is 11.2. The van der Waals surface area contributed by atoms with Gasteiger partial charge in [-0.05, 0) is 30.7 Å². The van der Waals surface area contributed by atoms with Gasteiger partial charge in [-0.15, -0.1) is 0 Å². The molecule has 1 unspecified atom stereocenters. The van der Waals surface area contributed by atoms with Crippen molar-refractivity contribution in [3.8, 4) is 0 Å². The van der Waals surface area contributed by atoms with Crippen LogP contribution in [0.2, 0.25) is 0 Å². The number of aliphatic hydroxyl groups excluding tert-OH is 4. The third kappa shape index (κ3) is 5.23. The molecule has 146 valence electrons. The van der Waals surface area contributed by atoms with Crippen LogP contribution in [-0.4, -0.2) is 63.5 Å². The quantitative estimate of drug-likeness (QED) is 0.389. The van der Waals surface area contributed by atoms with Crippen molar-refractivity contribution >= 4 is 5.97 Å². The highest BCUT2D eigenvalue weighted by atomic mass is 16.7. The third-order valence-electron chi connectivity index (χ3n) is 4.84. The predicted octanol–water partition coefficient (Wildman–Crippen LogP) is -0.410. The van der Waals surface area contributed by atoms with Crippen LogP contribution in [0.1, 0.15) is 37.2 Å². The Kier molecular flexibility index (Phi) is 7.95. The van der Waals surface area contributed by atoms with Crippen molar-refractivity contribution in [1.29, 1.82) is 0 Å². The van der Waals surface area contributed by atoms with E-state index in [9.17, 15) is 25.2 Å². The Bertz CT molecular complexity index is 554. The molecule has 1 aromatic carbocycles. The lowest BCUT2D eigenvalue weighted by molar-refractivity contribution is -0.231. The van der Waals surface area contributed by atoms with Crippen molar-refractivity contribution in [3.05, 3.63) is 35.9 Å². The molecule has 6 atom stereocenters. The second kappa shape index (κ2) is 9.96. The molecule has 0 radical (unpaired) electrons. The van der Waals surface area contributed by atoms with Crippen LogP contribution >= 0.6 is 0 Å². The summed E-state index contributed by atoms with van der Waals surface area (Å²) in [7, 11) is 0. The topological polar surface area (TPSA) is 142 Å². The van der Waals surface area contributed by atoms with E-state index >= 15 is 0 Å². The number of rotatable bonds is 8. The van der Waals surface area contributed by atoms with Gasteiger partial charge in [-0.1, -0.05) is 30.3 Å². The SMILES string of the molecule is NOC(=O)CCCC(C[C@H]1O[C@H](CO)[C@H](O)[C@H](O)[C@H]1O)c1ccccc1. The maximum Gasteiger partial charge on any atom is 0.324 e. The average Bonchev–Trinajstić information content (AvgIpc) is 2.67. The number of hydrogen-bond donors (Lipinski definition) is 5. The largest absolute Gasteiger partial charge is 0.394 e. The van der Waals surface area contributed by atoms with Gasteiger partial charge in [0.2, 0.25) is 0 Å². The molecule has 6 N–H and O–H groups in total. The molecule has 2 rings (SSSR count). The summed E-state index contributed by atoms with van der Waals surface area (Å²) in [5.41, 5.74) is 1.01. The van der Waals surface area contributed by atoms with E-state index in [1.807, 2.05) is 30.3 Å². The van der Waals surface area contributed by atoms with E-state index in [1.165, 1.54) is 0 Å². The van der Waals surface area contributed by atoms with Gasteiger partial charge in [0, 0.05) is 6.42 Å². The van der Waals surface area contributed by atoms with Crippen molar-refractivity contribution in [1.82, 2.24) is 0 Å². The third-order valence-corrected chi connectivity index (χ3v) is 4.84. The summed E-state index contributed by atoms with van der Waals surface area (Å²) in [5, 5.41) is 39.4. The van der Waals surface area contributed by atoms with Crippen LogP contribution in [-0.2, 0) is 14.4 Å². The van der Waals surface area contributed by atoms with Gasteiger partial charge in [-0.2, -0.15) is 5.90 Å². The number of hydrogen-bond acceptors (Lipinski definition) is 8. The summed E-state index contributed by atoms with van der Waals surface area (Å²) < 4.78 is 5.61. The Morgan fingerprint density at radius 2 is 1.77 bits per heavy atom. The summed E-state index contributed by atoms with van der Waals surface area (Å²) in [4.78, 5) is 15.4. The minimum absolute atomic E-state index is 0.0526. The molecule has 0 saturated carbocycles. The molecular formula is C18H27NO7. The number of ether oxygens (including phenoxy) is 1. The molecule has 0 spiro atoms. The van der Waals surface area contributed by atoms with Crippen LogP contribution in [0.15, 0.2) is 30.3 Å². The molecule has 26 heavy (non-hydrogen) atoms. The summed E-state index contributed by atoms with van der Waals surface area (Å²) in [6, 6.07) is 9.56. The molecule has 1 aromatic rings. The fraction of sp³-hybridized carbons (Fsp3) is 0.611. The van der Waals surface area contributed by atoms with Gasteiger partial charge in [-0.25, -0.2) is 0 Å². The van der Waals surface area contributed by atoms with E-state index in [-0.39, 0.29) is 12.3 Å². The standard InChI is InChI=1S/C18H27NO7/c19-26-15(21)8-4-7-12(11-5-2-1-3-6-11)9-13-16(22)18(24)17(23)14(10-20)25-13/h1-3,5-6,12-14,16-18,20,22-24H,4,7-10,19H2/t12?,13-,14-,16+,17+,18-/m1/s1. The van der Waals surface area contributed by atoms with Crippen LogP contribution in [0.5, 0.6) is 0 Å². The molecule has 1 fully saturated rings. The summed E-state index contributed by atoms with van der Waals surface area (Å²) in [6.45, 7) is -0.459. The summed E-state index contributed by atoms with van der Waals surface area (Å²) in [5.74, 6) is 4.30. The molecule has 1 saturated heterocycles. The fourth-order valence-corrected chi connectivity index (χ4v) is 3.35. The van der Waals surface area contributed by atoms with Gasteiger partial charge < -0.3 is 30.0 Å². The Hall–Kier alpha value is -1.55. The van der Waals surface area contributed by atoms with Crippen molar-refractivity contribution in [2.75, 3.05) is 6.61 Å². The highest BCUT2D eigenvalue weighted by molar-refractivity contribution is 5.68. The zero-order valence-electron chi connectivity index (χ0n) is 14.5. The Labute approximate surface area is 152 Å². The Morgan fingerprint density at radius 1 is 1.12 bits per heavy atom. The highest BCUT2D eigenvalue weighted by Crippen LogP contribution is 2.32. The molecule has 1 aliphatic rings. The summed E-state index contributed by atoms with van der Waals surface area (Å²) >= 11 is 0. The lowest BCUT2D eigenvalue weighted by Gasteiger charge is -2.41. The normalized spacial score (nSPS) is 30.0. The van der Waals surface area contributed by atoms with Crippen LogP contribution in [0.4, 0.5) is 0 Å². The number of aliphatic hydroxyl groups is 4. The van der Waals surface area contributed by atoms with Crippen molar-refractivity contribution in [3.63, 3.8) is 0 Å². The lowest BCUT2D eigenvalue weighted by Crippen LogP contribution is -2.58. The van der Waals surface area contributed by atoms with E-state index in [4.69, 9.17) is 10.6 Å². The van der Waals surface area contributed by atoms with Gasteiger partial charge in [0.05, 0.1) is 12.7 Å².